The molecule has 3 aromatic rings. The van der Waals surface area contributed by atoms with Gasteiger partial charge in [0.05, 0.1) is 5.25 Å². The van der Waals surface area contributed by atoms with Crippen molar-refractivity contribution in [3.05, 3.63) is 70.0 Å². The first kappa shape index (κ1) is 23.9. The summed E-state index contributed by atoms with van der Waals surface area (Å²) in [4.78, 5) is 12.5. The third-order valence-corrected chi connectivity index (χ3v) is 6.22. The Labute approximate surface area is 197 Å². The highest BCUT2D eigenvalue weighted by Crippen LogP contribution is 2.28. The lowest BCUT2D eigenvalue weighted by Crippen LogP contribution is -2.31. The van der Waals surface area contributed by atoms with Gasteiger partial charge in [-0.1, -0.05) is 61.5 Å². The van der Waals surface area contributed by atoms with Crippen LogP contribution in [0.1, 0.15) is 49.2 Å². The lowest BCUT2D eigenvalue weighted by molar-refractivity contribution is -0.120. The molecule has 0 saturated carbocycles. The van der Waals surface area contributed by atoms with E-state index in [0.29, 0.717) is 28.5 Å². The number of thioether (sulfide) groups is 1. The second-order valence-electron chi connectivity index (χ2n) is 7.86. The Morgan fingerprint density at radius 3 is 2.59 bits per heavy atom. The van der Waals surface area contributed by atoms with Crippen LogP contribution in [0.5, 0.6) is 5.75 Å². The number of carbonyl (C=O) groups excluding carboxylic acids is 1. The van der Waals surface area contributed by atoms with Crippen molar-refractivity contribution in [3.8, 4) is 5.75 Å². The quantitative estimate of drug-likeness (QED) is 0.352. The fraction of sp³-hybridized carbons (Fsp3) is 0.348. The molecule has 3 N–H and O–H groups in total. The summed E-state index contributed by atoms with van der Waals surface area (Å²) >= 11 is 7.14. The predicted molar refractivity (Wildman–Crippen MR) is 128 cm³/mol. The Hall–Kier alpha value is -2.71. The van der Waals surface area contributed by atoms with E-state index in [4.69, 9.17) is 22.2 Å². The van der Waals surface area contributed by atoms with Gasteiger partial charge in [0.2, 0.25) is 11.1 Å². The molecule has 0 saturated heterocycles. The van der Waals surface area contributed by atoms with Crippen molar-refractivity contribution in [2.45, 2.75) is 57.2 Å². The second kappa shape index (κ2) is 10.7. The number of nitrogens with zero attached hydrogens (tertiary/aromatic N) is 3. The molecule has 0 spiro atoms. The van der Waals surface area contributed by atoms with Gasteiger partial charge in [-0.3, -0.25) is 4.79 Å². The largest absolute Gasteiger partial charge is 0.485 e. The van der Waals surface area contributed by atoms with E-state index in [0.717, 1.165) is 22.4 Å². The van der Waals surface area contributed by atoms with Gasteiger partial charge in [0.15, 0.2) is 5.82 Å². The third-order valence-electron chi connectivity index (χ3n) is 4.91. The molecule has 3 rings (SSSR count). The van der Waals surface area contributed by atoms with E-state index in [9.17, 15) is 4.79 Å². The highest BCUT2D eigenvalue weighted by atomic mass is 35.5. The van der Waals surface area contributed by atoms with Gasteiger partial charge in [-0.05, 0) is 54.7 Å². The fourth-order valence-corrected chi connectivity index (χ4v) is 3.96. The maximum Gasteiger partial charge on any atom is 0.233 e. The molecule has 0 bridgehead atoms. The zero-order valence-electron chi connectivity index (χ0n) is 18.6. The van der Waals surface area contributed by atoms with Crippen molar-refractivity contribution in [1.29, 1.82) is 0 Å². The molecule has 0 aliphatic carbocycles. The maximum atomic E-state index is 12.5. The van der Waals surface area contributed by atoms with Crippen molar-refractivity contribution in [2.75, 3.05) is 5.84 Å². The van der Waals surface area contributed by atoms with Gasteiger partial charge < -0.3 is 15.9 Å². The van der Waals surface area contributed by atoms with E-state index in [1.54, 1.807) is 19.1 Å². The Bertz CT molecular complexity index is 1070. The minimum atomic E-state index is -0.396. The number of rotatable bonds is 9. The van der Waals surface area contributed by atoms with Gasteiger partial charge in [-0.2, -0.15) is 0 Å². The first-order valence-electron chi connectivity index (χ1n) is 10.4. The summed E-state index contributed by atoms with van der Waals surface area (Å²) in [6, 6.07) is 13.5. The van der Waals surface area contributed by atoms with Crippen LogP contribution in [0.3, 0.4) is 0 Å². The highest BCUT2D eigenvalue weighted by Gasteiger charge is 2.20. The monoisotopic (exact) mass is 473 g/mol. The molecule has 0 aliphatic rings. The molecular formula is C23H28ClN5O2S. The number of benzene rings is 2. The molecule has 1 amide bonds. The van der Waals surface area contributed by atoms with Crippen LogP contribution >= 0.6 is 23.4 Å². The molecule has 32 heavy (non-hydrogen) atoms. The fourth-order valence-electron chi connectivity index (χ4n) is 3.02. The molecular weight excluding hydrogens is 446 g/mol. The number of aryl methyl sites for hydroxylation is 1. The maximum absolute atomic E-state index is 12.5. The van der Waals surface area contributed by atoms with Gasteiger partial charge in [-0.25, -0.2) is 4.68 Å². The van der Waals surface area contributed by atoms with Crippen LogP contribution < -0.4 is 15.9 Å². The lowest BCUT2D eigenvalue weighted by atomic mass is 10.0. The van der Waals surface area contributed by atoms with E-state index in [-0.39, 0.29) is 12.5 Å². The van der Waals surface area contributed by atoms with Crippen molar-refractivity contribution >= 4 is 29.3 Å². The van der Waals surface area contributed by atoms with Crippen LogP contribution in [0, 0.1) is 6.92 Å². The highest BCUT2D eigenvalue weighted by molar-refractivity contribution is 8.00. The summed E-state index contributed by atoms with van der Waals surface area (Å²) in [5.74, 6) is 7.68. The SMILES string of the molecule is Cc1ccc(C(C)C)c(OCc2nnc(SC(C)C(=O)NCc3ccc(Cl)cc3)n2N)c1. The van der Waals surface area contributed by atoms with Gasteiger partial charge >= 0.3 is 0 Å². The Morgan fingerprint density at radius 2 is 1.91 bits per heavy atom. The van der Waals surface area contributed by atoms with Crippen molar-refractivity contribution < 1.29 is 9.53 Å². The van der Waals surface area contributed by atoms with E-state index in [1.807, 2.05) is 25.1 Å². The van der Waals surface area contributed by atoms with Gasteiger partial charge in [0.25, 0.3) is 0 Å². The Morgan fingerprint density at radius 1 is 1.19 bits per heavy atom. The van der Waals surface area contributed by atoms with Gasteiger partial charge in [0, 0.05) is 11.6 Å². The summed E-state index contributed by atoms with van der Waals surface area (Å²) in [7, 11) is 0. The number of nitrogen functional groups attached to an aromatic ring is 1. The lowest BCUT2D eigenvalue weighted by Gasteiger charge is -2.15. The summed E-state index contributed by atoms with van der Waals surface area (Å²) in [5, 5.41) is 11.9. The predicted octanol–water partition coefficient (Wildman–Crippen LogP) is 4.45. The number of carbonyl (C=O) groups is 1. The third kappa shape index (κ3) is 6.17. The van der Waals surface area contributed by atoms with E-state index < -0.39 is 5.25 Å². The zero-order valence-corrected chi connectivity index (χ0v) is 20.2. The molecule has 2 aromatic carbocycles. The number of amides is 1. The Kier molecular flexibility index (Phi) is 8.04. The second-order valence-corrected chi connectivity index (χ2v) is 9.60. The van der Waals surface area contributed by atoms with E-state index in [2.05, 4.69) is 41.5 Å². The molecule has 1 unspecified atom stereocenters. The molecule has 0 fully saturated rings. The summed E-state index contributed by atoms with van der Waals surface area (Å²) < 4.78 is 7.38. The van der Waals surface area contributed by atoms with E-state index >= 15 is 0 Å². The standard InChI is InChI=1S/C23H28ClN5O2S/c1-14(2)19-10-5-15(3)11-20(19)31-13-21-27-28-23(29(21)25)32-16(4)22(30)26-12-17-6-8-18(24)9-7-17/h5-11,14,16H,12-13,25H2,1-4H3,(H,26,30). The van der Waals surface area contributed by atoms with Crippen molar-refractivity contribution in [2.24, 2.45) is 0 Å². The molecule has 170 valence electrons. The van der Waals surface area contributed by atoms with Crippen LogP contribution in [-0.4, -0.2) is 26.0 Å². The van der Waals surface area contributed by atoms with Crippen LogP contribution in [0.4, 0.5) is 0 Å². The molecule has 9 heteroatoms. The average molecular weight is 474 g/mol. The molecule has 1 heterocycles. The summed E-state index contributed by atoms with van der Waals surface area (Å²) in [6.07, 6.45) is 0. The minimum Gasteiger partial charge on any atom is -0.485 e. The summed E-state index contributed by atoms with van der Waals surface area (Å²) in [6.45, 7) is 8.67. The van der Waals surface area contributed by atoms with Gasteiger partial charge in [0.1, 0.15) is 12.4 Å². The summed E-state index contributed by atoms with van der Waals surface area (Å²) in [5.41, 5.74) is 3.21. The molecule has 1 aromatic heterocycles. The average Bonchev–Trinajstić information content (AvgIpc) is 3.10. The van der Waals surface area contributed by atoms with Crippen LogP contribution in [0.2, 0.25) is 5.02 Å². The molecule has 1 atom stereocenters. The number of hydrogen-bond donors (Lipinski definition) is 2. The number of hydrogen-bond acceptors (Lipinski definition) is 6. The topological polar surface area (TPSA) is 95.1 Å². The number of aromatic nitrogens is 3. The van der Waals surface area contributed by atoms with E-state index in [1.165, 1.54) is 16.4 Å². The minimum absolute atomic E-state index is 0.118. The zero-order chi connectivity index (χ0) is 23.3. The van der Waals surface area contributed by atoms with Crippen molar-refractivity contribution in [3.63, 3.8) is 0 Å². The molecule has 7 nitrogen and oxygen atoms in total. The number of nitrogens with one attached hydrogen (secondary N) is 1. The molecule has 0 aliphatic heterocycles. The number of ether oxygens (including phenoxy) is 1. The first-order chi connectivity index (χ1) is 15.2. The Balaban J connectivity index is 1.58. The van der Waals surface area contributed by atoms with Gasteiger partial charge in [-0.15, -0.1) is 10.2 Å². The van der Waals surface area contributed by atoms with Crippen LogP contribution in [-0.2, 0) is 17.9 Å². The number of halogens is 1. The van der Waals surface area contributed by atoms with Crippen LogP contribution in [0.25, 0.3) is 0 Å². The normalized spacial score (nSPS) is 12.1. The first-order valence-corrected chi connectivity index (χ1v) is 11.6. The van der Waals surface area contributed by atoms with Crippen molar-refractivity contribution in [1.82, 2.24) is 20.2 Å². The van der Waals surface area contributed by atoms with Crippen LogP contribution in [0.15, 0.2) is 47.6 Å². The number of nitrogens with two attached hydrogens (primary N) is 1. The smallest absolute Gasteiger partial charge is 0.233 e. The molecule has 0 radical (unpaired) electrons.